The van der Waals surface area contributed by atoms with Gasteiger partial charge in [0.25, 0.3) is 5.91 Å². The van der Waals surface area contributed by atoms with Crippen LogP contribution in [0.5, 0.6) is 11.5 Å². The second-order valence-electron chi connectivity index (χ2n) is 9.55. The molecule has 1 aromatic heterocycles. The van der Waals surface area contributed by atoms with E-state index in [1.807, 2.05) is 24.3 Å². The van der Waals surface area contributed by atoms with Gasteiger partial charge in [0.15, 0.2) is 0 Å². The Hall–Kier alpha value is -2.83. The molecule has 0 spiro atoms. The van der Waals surface area contributed by atoms with Gasteiger partial charge in [0.05, 0.1) is 16.8 Å². The third-order valence-electron chi connectivity index (χ3n) is 5.49. The van der Waals surface area contributed by atoms with E-state index in [2.05, 4.69) is 43.3 Å². The number of nitrogens with zero attached hydrogens (tertiary/aromatic N) is 1. The summed E-state index contributed by atoms with van der Waals surface area (Å²) in [5.41, 5.74) is 1.11. The van der Waals surface area contributed by atoms with Gasteiger partial charge in [-0.05, 0) is 70.9 Å². The Kier molecular flexibility index (Phi) is 6.01. The molecule has 7 heteroatoms. The topological polar surface area (TPSA) is 76.4 Å². The van der Waals surface area contributed by atoms with Crippen molar-refractivity contribution in [2.45, 2.75) is 57.7 Å². The van der Waals surface area contributed by atoms with Crippen LogP contribution in [0.2, 0.25) is 5.02 Å². The summed E-state index contributed by atoms with van der Waals surface area (Å²) in [7, 11) is 0. The average molecular weight is 454 g/mol. The van der Waals surface area contributed by atoms with Crippen LogP contribution in [0.3, 0.4) is 0 Å². The third-order valence-corrected chi connectivity index (χ3v) is 5.78. The lowest BCUT2D eigenvalue weighted by molar-refractivity contribution is 0.0873. The molecule has 6 nitrogen and oxygen atoms in total. The molecule has 2 heterocycles. The predicted molar refractivity (Wildman–Crippen MR) is 125 cm³/mol. The molecule has 168 valence electrons. The first-order valence-electron chi connectivity index (χ1n) is 10.7. The van der Waals surface area contributed by atoms with Crippen molar-refractivity contribution in [1.29, 1.82) is 0 Å². The molecule has 0 aliphatic carbocycles. The van der Waals surface area contributed by atoms with Gasteiger partial charge in [-0.2, -0.15) is 0 Å². The highest BCUT2D eigenvalue weighted by molar-refractivity contribution is 6.32. The Morgan fingerprint density at radius 2 is 1.84 bits per heavy atom. The van der Waals surface area contributed by atoms with E-state index in [9.17, 15) is 4.79 Å². The van der Waals surface area contributed by atoms with E-state index in [4.69, 9.17) is 20.8 Å². The van der Waals surface area contributed by atoms with Crippen molar-refractivity contribution in [3.63, 3.8) is 0 Å². The Bertz CT molecular complexity index is 1090. The lowest BCUT2D eigenvalue weighted by Gasteiger charge is -2.46. The van der Waals surface area contributed by atoms with E-state index in [1.165, 1.54) is 6.26 Å². The number of ether oxygens (including phenoxy) is 1. The summed E-state index contributed by atoms with van der Waals surface area (Å²) >= 11 is 6.48. The number of hydrogen-bond acceptors (Lipinski definition) is 5. The molecule has 1 aliphatic heterocycles. The number of benzene rings is 2. The third kappa shape index (κ3) is 5.14. The van der Waals surface area contributed by atoms with Crippen LogP contribution in [0.25, 0.3) is 11.5 Å². The van der Waals surface area contributed by atoms with E-state index in [1.54, 1.807) is 24.4 Å². The Labute approximate surface area is 193 Å². The van der Waals surface area contributed by atoms with Crippen molar-refractivity contribution < 1.29 is 13.9 Å². The molecule has 0 bridgehead atoms. The van der Waals surface area contributed by atoms with Gasteiger partial charge in [0.1, 0.15) is 17.8 Å². The van der Waals surface area contributed by atoms with Crippen LogP contribution in [0.4, 0.5) is 0 Å². The van der Waals surface area contributed by atoms with Crippen molar-refractivity contribution in [2.24, 2.45) is 0 Å². The van der Waals surface area contributed by atoms with Crippen LogP contribution in [-0.4, -0.2) is 28.0 Å². The zero-order chi connectivity index (χ0) is 22.9. The van der Waals surface area contributed by atoms with Crippen LogP contribution in [0.15, 0.2) is 59.3 Å². The molecule has 2 N–H and O–H groups in total. The molecule has 0 radical (unpaired) electrons. The molecule has 32 heavy (non-hydrogen) atoms. The number of nitrogens with one attached hydrogen (secondary N) is 2. The lowest BCUT2D eigenvalue weighted by atomic mass is 9.79. The van der Waals surface area contributed by atoms with Crippen LogP contribution in [-0.2, 0) is 0 Å². The maximum atomic E-state index is 12.9. The lowest BCUT2D eigenvalue weighted by Crippen LogP contribution is -2.62. The highest BCUT2D eigenvalue weighted by atomic mass is 35.5. The van der Waals surface area contributed by atoms with Gasteiger partial charge in [-0.15, -0.1) is 0 Å². The molecule has 1 saturated heterocycles. The minimum atomic E-state index is -0.142. The molecule has 0 unspecified atom stereocenters. The quantitative estimate of drug-likeness (QED) is 0.508. The Morgan fingerprint density at radius 3 is 2.50 bits per heavy atom. The first-order chi connectivity index (χ1) is 15.1. The summed E-state index contributed by atoms with van der Waals surface area (Å²) in [5, 5.41) is 7.15. The van der Waals surface area contributed by atoms with E-state index in [0.717, 1.165) is 12.8 Å². The summed E-state index contributed by atoms with van der Waals surface area (Å²) in [6.07, 6.45) is 4.80. The minimum Gasteiger partial charge on any atom is -0.455 e. The average Bonchev–Trinajstić information content (AvgIpc) is 3.22. The molecular weight excluding hydrogens is 426 g/mol. The van der Waals surface area contributed by atoms with Crippen molar-refractivity contribution in [1.82, 2.24) is 15.6 Å². The zero-order valence-electron chi connectivity index (χ0n) is 18.7. The van der Waals surface area contributed by atoms with Crippen molar-refractivity contribution in [3.8, 4) is 23.0 Å². The largest absolute Gasteiger partial charge is 0.455 e. The Balaban J connectivity index is 1.49. The van der Waals surface area contributed by atoms with Gasteiger partial charge in [-0.3, -0.25) is 4.79 Å². The van der Waals surface area contributed by atoms with Crippen LogP contribution >= 0.6 is 11.6 Å². The number of oxazole rings is 1. The molecular formula is C25H28ClN3O3. The van der Waals surface area contributed by atoms with Gasteiger partial charge in [0, 0.05) is 22.7 Å². The fourth-order valence-corrected chi connectivity index (χ4v) is 4.84. The van der Waals surface area contributed by atoms with Crippen LogP contribution < -0.4 is 15.4 Å². The van der Waals surface area contributed by atoms with E-state index in [-0.39, 0.29) is 23.0 Å². The highest BCUT2D eigenvalue weighted by Gasteiger charge is 2.38. The number of hydrogen-bond donors (Lipinski definition) is 2. The second-order valence-corrected chi connectivity index (χ2v) is 9.96. The highest BCUT2D eigenvalue weighted by Crippen LogP contribution is 2.36. The number of amides is 1. The number of para-hydroxylation sites is 1. The fourth-order valence-electron chi connectivity index (χ4n) is 4.63. The van der Waals surface area contributed by atoms with E-state index < -0.39 is 0 Å². The standard InChI is InChI=1S/C25H28ClN3O3/c1-24(2)14-17(15-25(3,4)29-24)28-22(30)16-9-10-21(19(26)13-16)32-20-8-6-5-7-18(20)23-27-11-12-31-23/h5-13,17,29H,14-15H2,1-4H3,(H,28,30). The van der Waals surface area contributed by atoms with Crippen LogP contribution in [0, 0.1) is 0 Å². The normalized spacial score (nSPS) is 17.7. The zero-order valence-corrected chi connectivity index (χ0v) is 19.5. The van der Waals surface area contributed by atoms with Gasteiger partial charge >= 0.3 is 0 Å². The molecule has 0 atom stereocenters. The fraction of sp³-hybridized carbons (Fsp3) is 0.360. The monoisotopic (exact) mass is 453 g/mol. The van der Waals surface area contributed by atoms with Gasteiger partial charge in [-0.1, -0.05) is 23.7 Å². The van der Waals surface area contributed by atoms with Gasteiger partial charge in [-0.25, -0.2) is 4.98 Å². The summed E-state index contributed by atoms with van der Waals surface area (Å²) in [5.74, 6) is 1.33. The number of halogens is 1. The SMILES string of the molecule is CC1(C)CC(NC(=O)c2ccc(Oc3ccccc3-c3ncco3)c(Cl)c2)CC(C)(C)N1. The number of aromatic nitrogens is 1. The first kappa shape index (κ1) is 22.4. The summed E-state index contributed by atoms with van der Waals surface area (Å²) in [4.78, 5) is 17.1. The maximum absolute atomic E-state index is 12.9. The van der Waals surface area contributed by atoms with E-state index in [0.29, 0.717) is 33.5 Å². The summed E-state index contributed by atoms with van der Waals surface area (Å²) < 4.78 is 11.4. The van der Waals surface area contributed by atoms with Gasteiger partial charge in [0.2, 0.25) is 5.89 Å². The molecule has 1 fully saturated rings. The molecule has 4 rings (SSSR count). The number of carbonyl (C=O) groups excluding carboxylic acids is 1. The number of rotatable bonds is 5. The Morgan fingerprint density at radius 1 is 1.12 bits per heavy atom. The number of carbonyl (C=O) groups is 1. The molecule has 1 aliphatic rings. The molecule has 3 aromatic rings. The minimum absolute atomic E-state index is 0.0503. The summed E-state index contributed by atoms with van der Waals surface area (Å²) in [6, 6.07) is 12.6. The van der Waals surface area contributed by atoms with Gasteiger partial charge < -0.3 is 19.8 Å². The predicted octanol–water partition coefficient (Wildman–Crippen LogP) is 5.83. The van der Waals surface area contributed by atoms with E-state index >= 15 is 0 Å². The van der Waals surface area contributed by atoms with Crippen LogP contribution in [0.1, 0.15) is 50.9 Å². The molecule has 1 amide bonds. The maximum Gasteiger partial charge on any atom is 0.251 e. The summed E-state index contributed by atoms with van der Waals surface area (Å²) in [6.45, 7) is 8.64. The molecule has 2 aromatic carbocycles. The van der Waals surface area contributed by atoms with Crippen molar-refractivity contribution >= 4 is 17.5 Å². The molecule has 0 saturated carbocycles. The number of piperidine rings is 1. The van der Waals surface area contributed by atoms with Crippen molar-refractivity contribution in [3.05, 3.63) is 65.5 Å². The smallest absolute Gasteiger partial charge is 0.251 e. The first-order valence-corrected chi connectivity index (χ1v) is 11.1. The second kappa shape index (κ2) is 8.60. The van der Waals surface area contributed by atoms with Crippen molar-refractivity contribution in [2.75, 3.05) is 0 Å².